The van der Waals surface area contributed by atoms with Crippen LogP contribution in [0.3, 0.4) is 0 Å². The summed E-state index contributed by atoms with van der Waals surface area (Å²) in [5, 5.41) is 0. The van der Waals surface area contributed by atoms with Crippen LogP contribution in [0.4, 0.5) is 5.69 Å². The average molecular weight is 257 g/mol. The molecule has 5 heteroatoms. The van der Waals surface area contributed by atoms with Gasteiger partial charge in [-0.05, 0) is 25.5 Å². The van der Waals surface area contributed by atoms with Crippen LogP contribution < -0.4 is 9.46 Å². The SMILES string of the molecule is CCCCS(=O)(=O)Nc1ccccc1OCC. The van der Waals surface area contributed by atoms with Gasteiger partial charge in [-0.25, -0.2) is 8.42 Å². The maximum absolute atomic E-state index is 11.7. The zero-order chi connectivity index (χ0) is 12.7. The Morgan fingerprint density at radius 3 is 2.59 bits per heavy atom. The Hall–Kier alpha value is -1.23. The molecular weight excluding hydrogens is 238 g/mol. The molecule has 4 nitrogen and oxygen atoms in total. The van der Waals surface area contributed by atoms with Crippen LogP contribution in [0.1, 0.15) is 26.7 Å². The number of hydrogen-bond donors (Lipinski definition) is 1. The third kappa shape index (κ3) is 4.65. The molecule has 1 N–H and O–H groups in total. The zero-order valence-corrected chi connectivity index (χ0v) is 11.1. The number of sulfonamides is 1. The Labute approximate surface area is 103 Å². The fraction of sp³-hybridized carbons (Fsp3) is 0.500. The lowest BCUT2D eigenvalue weighted by molar-refractivity contribution is 0.342. The second-order valence-electron chi connectivity index (χ2n) is 3.70. The van der Waals surface area contributed by atoms with E-state index in [4.69, 9.17) is 4.74 Å². The Bertz CT molecular complexity index is 443. The molecule has 0 amide bonds. The number of anilines is 1. The van der Waals surface area contributed by atoms with Crippen molar-refractivity contribution >= 4 is 15.7 Å². The topological polar surface area (TPSA) is 55.4 Å². The molecule has 0 aliphatic heterocycles. The third-order valence-electron chi connectivity index (χ3n) is 2.22. The molecule has 0 saturated heterocycles. The maximum atomic E-state index is 11.7. The van der Waals surface area contributed by atoms with E-state index in [9.17, 15) is 8.42 Å². The summed E-state index contributed by atoms with van der Waals surface area (Å²) in [4.78, 5) is 0. The summed E-state index contributed by atoms with van der Waals surface area (Å²) in [6.07, 6.45) is 1.51. The van der Waals surface area contributed by atoms with E-state index in [2.05, 4.69) is 4.72 Å². The van der Waals surface area contributed by atoms with Gasteiger partial charge in [0, 0.05) is 0 Å². The molecule has 0 bridgehead atoms. The first kappa shape index (κ1) is 13.8. The lowest BCUT2D eigenvalue weighted by atomic mass is 10.3. The van der Waals surface area contributed by atoms with E-state index in [-0.39, 0.29) is 5.75 Å². The molecule has 17 heavy (non-hydrogen) atoms. The normalized spacial score (nSPS) is 11.2. The average Bonchev–Trinajstić information content (AvgIpc) is 2.29. The monoisotopic (exact) mass is 257 g/mol. The van der Waals surface area contributed by atoms with Gasteiger partial charge in [0.2, 0.25) is 10.0 Å². The van der Waals surface area contributed by atoms with Crippen molar-refractivity contribution in [2.75, 3.05) is 17.1 Å². The van der Waals surface area contributed by atoms with Crippen molar-refractivity contribution in [1.29, 1.82) is 0 Å². The van der Waals surface area contributed by atoms with E-state index < -0.39 is 10.0 Å². The van der Waals surface area contributed by atoms with Crippen LogP contribution in [0, 0.1) is 0 Å². The van der Waals surface area contributed by atoms with E-state index in [1.54, 1.807) is 18.2 Å². The molecule has 0 radical (unpaired) electrons. The van der Waals surface area contributed by atoms with Gasteiger partial charge in [0.15, 0.2) is 0 Å². The standard InChI is InChI=1S/C12H19NO3S/c1-3-5-10-17(14,15)13-11-8-6-7-9-12(11)16-4-2/h6-9,13H,3-5,10H2,1-2H3. The van der Waals surface area contributed by atoms with Crippen molar-refractivity contribution in [2.24, 2.45) is 0 Å². The van der Waals surface area contributed by atoms with Crippen LogP contribution >= 0.6 is 0 Å². The van der Waals surface area contributed by atoms with Crippen LogP contribution in [0.5, 0.6) is 5.75 Å². The molecule has 0 saturated carbocycles. The number of ether oxygens (including phenoxy) is 1. The van der Waals surface area contributed by atoms with E-state index >= 15 is 0 Å². The predicted molar refractivity (Wildman–Crippen MR) is 69.9 cm³/mol. The van der Waals surface area contributed by atoms with E-state index in [0.717, 1.165) is 6.42 Å². The van der Waals surface area contributed by atoms with Crippen LogP contribution in [0.15, 0.2) is 24.3 Å². The molecule has 0 atom stereocenters. The number of rotatable bonds is 7. The lowest BCUT2D eigenvalue weighted by Crippen LogP contribution is -2.17. The van der Waals surface area contributed by atoms with Crippen LogP contribution in [-0.4, -0.2) is 20.8 Å². The van der Waals surface area contributed by atoms with Crippen LogP contribution in [0.25, 0.3) is 0 Å². The Kier molecular flexibility index (Phi) is 5.28. The Balaban J connectivity index is 2.80. The molecule has 0 spiro atoms. The fourth-order valence-corrected chi connectivity index (χ4v) is 2.66. The fourth-order valence-electron chi connectivity index (χ4n) is 1.39. The number of benzene rings is 1. The smallest absolute Gasteiger partial charge is 0.232 e. The van der Waals surface area contributed by atoms with E-state index in [1.807, 2.05) is 19.9 Å². The molecule has 1 aromatic carbocycles. The summed E-state index contributed by atoms with van der Waals surface area (Å²) in [6, 6.07) is 7.05. The second-order valence-corrected chi connectivity index (χ2v) is 5.55. The van der Waals surface area contributed by atoms with Gasteiger partial charge in [-0.1, -0.05) is 25.5 Å². The minimum Gasteiger partial charge on any atom is -0.492 e. The summed E-state index contributed by atoms with van der Waals surface area (Å²) in [5.41, 5.74) is 0.505. The van der Waals surface area contributed by atoms with Gasteiger partial charge in [0.25, 0.3) is 0 Å². The summed E-state index contributed by atoms with van der Waals surface area (Å²) in [6.45, 7) is 4.33. The quantitative estimate of drug-likeness (QED) is 0.817. The Morgan fingerprint density at radius 2 is 1.94 bits per heavy atom. The van der Waals surface area contributed by atoms with Crippen LogP contribution in [0.2, 0.25) is 0 Å². The highest BCUT2D eigenvalue weighted by Crippen LogP contribution is 2.24. The molecule has 1 aromatic rings. The molecule has 0 unspecified atom stereocenters. The first-order chi connectivity index (χ1) is 8.09. The molecule has 96 valence electrons. The molecule has 0 heterocycles. The van der Waals surface area contributed by atoms with Crippen molar-refractivity contribution in [1.82, 2.24) is 0 Å². The van der Waals surface area contributed by atoms with Crippen molar-refractivity contribution in [3.8, 4) is 5.75 Å². The van der Waals surface area contributed by atoms with Gasteiger partial charge >= 0.3 is 0 Å². The molecular formula is C12H19NO3S. The minimum atomic E-state index is -3.27. The van der Waals surface area contributed by atoms with Gasteiger partial charge in [-0.2, -0.15) is 0 Å². The van der Waals surface area contributed by atoms with Crippen molar-refractivity contribution in [3.63, 3.8) is 0 Å². The van der Waals surface area contributed by atoms with Gasteiger partial charge < -0.3 is 4.74 Å². The maximum Gasteiger partial charge on any atom is 0.232 e. The van der Waals surface area contributed by atoms with Gasteiger partial charge in [-0.3, -0.25) is 4.72 Å². The van der Waals surface area contributed by atoms with E-state index in [1.165, 1.54) is 0 Å². The number of hydrogen-bond acceptors (Lipinski definition) is 3. The first-order valence-corrected chi connectivity index (χ1v) is 7.46. The summed E-state index contributed by atoms with van der Waals surface area (Å²) < 4.78 is 31.4. The highest BCUT2D eigenvalue weighted by molar-refractivity contribution is 7.92. The van der Waals surface area contributed by atoms with Gasteiger partial charge in [-0.15, -0.1) is 0 Å². The highest BCUT2D eigenvalue weighted by atomic mass is 32.2. The van der Waals surface area contributed by atoms with Crippen molar-refractivity contribution in [3.05, 3.63) is 24.3 Å². The Morgan fingerprint density at radius 1 is 1.24 bits per heavy atom. The third-order valence-corrected chi connectivity index (χ3v) is 3.58. The highest BCUT2D eigenvalue weighted by Gasteiger charge is 2.12. The van der Waals surface area contributed by atoms with Crippen LogP contribution in [-0.2, 0) is 10.0 Å². The lowest BCUT2D eigenvalue weighted by Gasteiger charge is -2.12. The predicted octanol–water partition coefficient (Wildman–Crippen LogP) is 2.63. The van der Waals surface area contributed by atoms with Gasteiger partial charge in [0.1, 0.15) is 5.75 Å². The zero-order valence-electron chi connectivity index (χ0n) is 10.3. The number of unbranched alkanes of at least 4 members (excludes halogenated alkanes) is 1. The number of para-hydroxylation sites is 2. The van der Waals surface area contributed by atoms with Gasteiger partial charge in [0.05, 0.1) is 18.0 Å². The second kappa shape index (κ2) is 6.49. The summed E-state index contributed by atoms with van der Waals surface area (Å²) in [7, 11) is -3.27. The first-order valence-electron chi connectivity index (χ1n) is 5.81. The molecule has 0 fully saturated rings. The molecule has 0 aliphatic carbocycles. The minimum absolute atomic E-state index is 0.143. The molecule has 0 aliphatic rings. The summed E-state index contributed by atoms with van der Waals surface area (Å²) in [5.74, 6) is 0.708. The largest absolute Gasteiger partial charge is 0.492 e. The van der Waals surface area contributed by atoms with Crippen molar-refractivity contribution < 1.29 is 13.2 Å². The molecule has 1 rings (SSSR count). The molecule has 0 aromatic heterocycles. The number of nitrogens with one attached hydrogen (secondary N) is 1. The summed E-state index contributed by atoms with van der Waals surface area (Å²) >= 11 is 0. The van der Waals surface area contributed by atoms with E-state index in [0.29, 0.717) is 24.5 Å². The van der Waals surface area contributed by atoms with Crippen molar-refractivity contribution in [2.45, 2.75) is 26.7 Å².